The van der Waals surface area contributed by atoms with Gasteiger partial charge in [-0.3, -0.25) is 0 Å². The molecule has 0 aliphatic heterocycles. The van der Waals surface area contributed by atoms with Gasteiger partial charge in [0.05, 0.1) is 6.10 Å². The van der Waals surface area contributed by atoms with Gasteiger partial charge in [-0.05, 0) is 19.1 Å². The number of hydrogen-bond donors (Lipinski definition) is 1. The van der Waals surface area contributed by atoms with E-state index in [9.17, 15) is 0 Å². The SMILES string of the molecule is COC(C)CNc1ccccn1. The van der Waals surface area contributed by atoms with Gasteiger partial charge in [0.1, 0.15) is 5.82 Å². The van der Waals surface area contributed by atoms with E-state index in [2.05, 4.69) is 10.3 Å². The Balaban J connectivity index is 2.33. The van der Waals surface area contributed by atoms with Crippen molar-refractivity contribution in [3.63, 3.8) is 0 Å². The highest BCUT2D eigenvalue weighted by atomic mass is 16.5. The van der Waals surface area contributed by atoms with Crippen molar-refractivity contribution >= 4 is 5.82 Å². The van der Waals surface area contributed by atoms with Crippen LogP contribution in [0.15, 0.2) is 24.4 Å². The van der Waals surface area contributed by atoms with E-state index >= 15 is 0 Å². The number of anilines is 1. The van der Waals surface area contributed by atoms with Crippen LogP contribution in [0, 0.1) is 0 Å². The molecule has 1 atom stereocenters. The molecule has 66 valence electrons. The smallest absolute Gasteiger partial charge is 0.125 e. The van der Waals surface area contributed by atoms with Crippen molar-refractivity contribution in [2.24, 2.45) is 0 Å². The van der Waals surface area contributed by atoms with Crippen LogP contribution in [0.1, 0.15) is 6.92 Å². The average molecular weight is 166 g/mol. The predicted molar refractivity (Wildman–Crippen MR) is 49.2 cm³/mol. The highest BCUT2D eigenvalue weighted by Crippen LogP contribution is 1.99. The van der Waals surface area contributed by atoms with Crippen LogP contribution in [0.3, 0.4) is 0 Å². The van der Waals surface area contributed by atoms with E-state index < -0.39 is 0 Å². The first-order valence-corrected chi connectivity index (χ1v) is 4.00. The molecule has 0 amide bonds. The summed E-state index contributed by atoms with van der Waals surface area (Å²) in [5.41, 5.74) is 0. The van der Waals surface area contributed by atoms with E-state index in [0.717, 1.165) is 12.4 Å². The first-order valence-electron chi connectivity index (χ1n) is 4.00. The van der Waals surface area contributed by atoms with E-state index in [-0.39, 0.29) is 6.10 Å². The van der Waals surface area contributed by atoms with Crippen LogP contribution in [-0.4, -0.2) is 24.7 Å². The average Bonchev–Trinajstić information content (AvgIpc) is 2.16. The number of pyridine rings is 1. The number of methoxy groups -OCH3 is 1. The van der Waals surface area contributed by atoms with E-state index in [1.807, 2.05) is 25.1 Å². The molecule has 0 spiro atoms. The largest absolute Gasteiger partial charge is 0.380 e. The maximum atomic E-state index is 5.08. The molecule has 3 nitrogen and oxygen atoms in total. The van der Waals surface area contributed by atoms with Crippen LogP contribution in [0.4, 0.5) is 5.82 Å². The molecular formula is C9H14N2O. The van der Waals surface area contributed by atoms with Crippen molar-refractivity contribution in [2.75, 3.05) is 19.0 Å². The molecule has 12 heavy (non-hydrogen) atoms. The Labute approximate surface area is 72.8 Å². The van der Waals surface area contributed by atoms with Gasteiger partial charge in [-0.2, -0.15) is 0 Å². The fraction of sp³-hybridized carbons (Fsp3) is 0.444. The topological polar surface area (TPSA) is 34.1 Å². The van der Waals surface area contributed by atoms with Crippen molar-refractivity contribution in [2.45, 2.75) is 13.0 Å². The minimum atomic E-state index is 0.215. The second kappa shape index (κ2) is 4.72. The summed E-state index contributed by atoms with van der Waals surface area (Å²) in [4.78, 5) is 4.12. The van der Waals surface area contributed by atoms with E-state index in [0.29, 0.717) is 0 Å². The predicted octanol–water partition coefficient (Wildman–Crippen LogP) is 1.53. The standard InChI is InChI=1S/C9H14N2O/c1-8(12-2)7-11-9-5-3-4-6-10-9/h3-6,8H,7H2,1-2H3,(H,10,11). The molecule has 1 N–H and O–H groups in total. The minimum absolute atomic E-state index is 0.215. The quantitative estimate of drug-likeness (QED) is 0.736. The Hall–Kier alpha value is -1.09. The number of nitrogens with zero attached hydrogens (tertiary/aromatic N) is 1. The fourth-order valence-electron chi connectivity index (χ4n) is 0.799. The molecule has 0 aromatic carbocycles. The number of hydrogen-bond acceptors (Lipinski definition) is 3. The summed E-state index contributed by atoms with van der Waals surface area (Å²) in [6.45, 7) is 2.80. The summed E-state index contributed by atoms with van der Waals surface area (Å²) in [7, 11) is 1.70. The number of nitrogens with one attached hydrogen (secondary N) is 1. The molecular weight excluding hydrogens is 152 g/mol. The molecule has 0 saturated heterocycles. The lowest BCUT2D eigenvalue weighted by Crippen LogP contribution is -2.18. The number of rotatable bonds is 4. The summed E-state index contributed by atoms with van der Waals surface area (Å²) >= 11 is 0. The van der Waals surface area contributed by atoms with Crippen LogP contribution in [0.5, 0.6) is 0 Å². The van der Waals surface area contributed by atoms with Gasteiger partial charge >= 0.3 is 0 Å². The maximum absolute atomic E-state index is 5.08. The summed E-state index contributed by atoms with van der Waals surface area (Å²) in [6.07, 6.45) is 1.98. The molecule has 0 fully saturated rings. The zero-order valence-electron chi connectivity index (χ0n) is 7.45. The second-order valence-electron chi connectivity index (χ2n) is 2.64. The lowest BCUT2D eigenvalue weighted by Gasteiger charge is -2.10. The Kier molecular flexibility index (Phi) is 3.54. The Bertz CT molecular complexity index is 213. The molecule has 1 aromatic heterocycles. The third-order valence-corrected chi connectivity index (χ3v) is 1.64. The molecule has 1 unspecified atom stereocenters. The van der Waals surface area contributed by atoms with Gasteiger partial charge in [-0.1, -0.05) is 6.07 Å². The zero-order chi connectivity index (χ0) is 8.81. The minimum Gasteiger partial charge on any atom is -0.380 e. The van der Waals surface area contributed by atoms with Crippen LogP contribution < -0.4 is 5.32 Å². The van der Waals surface area contributed by atoms with Crippen LogP contribution >= 0.6 is 0 Å². The number of aromatic nitrogens is 1. The van der Waals surface area contributed by atoms with Gasteiger partial charge < -0.3 is 10.1 Å². The van der Waals surface area contributed by atoms with Crippen molar-refractivity contribution < 1.29 is 4.74 Å². The zero-order valence-corrected chi connectivity index (χ0v) is 7.45. The highest BCUT2D eigenvalue weighted by molar-refractivity contribution is 5.32. The summed E-state index contributed by atoms with van der Waals surface area (Å²) in [5, 5.41) is 3.16. The molecule has 1 heterocycles. The summed E-state index contributed by atoms with van der Waals surface area (Å²) in [6, 6.07) is 5.78. The summed E-state index contributed by atoms with van der Waals surface area (Å²) in [5.74, 6) is 0.890. The molecule has 0 aliphatic carbocycles. The fourth-order valence-corrected chi connectivity index (χ4v) is 0.799. The molecule has 1 aromatic rings. The molecule has 0 aliphatic rings. The van der Waals surface area contributed by atoms with Crippen molar-refractivity contribution in [3.05, 3.63) is 24.4 Å². The lowest BCUT2D eigenvalue weighted by atomic mass is 10.4. The first kappa shape index (κ1) is 9.00. The Morgan fingerprint density at radius 2 is 2.42 bits per heavy atom. The third kappa shape index (κ3) is 2.88. The van der Waals surface area contributed by atoms with E-state index in [1.165, 1.54) is 0 Å². The Morgan fingerprint density at radius 1 is 1.58 bits per heavy atom. The van der Waals surface area contributed by atoms with E-state index in [4.69, 9.17) is 4.74 Å². The van der Waals surface area contributed by atoms with Gasteiger partial charge in [0, 0.05) is 19.9 Å². The summed E-state index contributed by atoms with van der Waals surface area (Å²) < 4.78 is 5.08. The molecule has 1 rings (SSSR count). The number of ether oxygens (including phenoxy) is 1. The van der Waals surface area contributed by atoms with Crippen LogP contribution in [0.25, 0.3) is 0 Å². The maximum Gasteiger partial charge on any atom is 0.125 e. The van der Waals surface area contributed by atoms with Gasteiger partial charge in [0.25, 0.3) is 0 Å². The highest BCUT2D eigenvalue weighted by Gasteiger charge is 1.97. The van der Waals surface area contributed by atoms with Crippen molar-refractivity contribution in [1.82, 2.24) is 4.98 Å². The molecule has 0 radical (unpaired) electrons. The van der Waals surface area contributed by atoms with E-state index in [1.54, 1.807) is 13.3 Å². The monoisotopic (exact) mass is 166 g/mol. The molecule has 0 saturated carbocycles. The lowest BCUT2D eigenvalue weighted by molar-refractivity contribution is 0.128. The third-order valence-electron chi connectivity index (χ3n) is 1.64. The van der Waals surface area contributed by atoms with Crippen molar-refractivity contribution in [3.8, 4) is 0 Å². The van der Waals surface area contributed by atoms with Gasteiger partial charge in [0.15, 0.2) is 0 Å². The molecule has 0 bridgehead atoms. The normalized spacial score (nSPS) is 12.5. The van der Waals surface area contributed by atoms with Crippen LogP contribution in [-0.2, 0) is 4.74 Å². The van der Waals surface area contributed by atoms with Gasteiger partial charge in [-0.15, -0.1) is 0 Å². The molecule has 3 heteroatoms. The Morgan fingerprint density at radius 3 is 3.00 bits per heavy atom. The van der Waals surface area contributed by atoms with Gasteiger partial charge in [0.2, 0.25) is 0 Å². The first-order chi connectivity index (χ1) is 5.83. The van der Waals surface area contributed by atoms with Gasteiger partial charge in [-0.25, -0.2) is 4.98 Å². The second-order valence-corrected chi connectivity index (χ2v) is 2.64. The van der Waals surface area contributed by atoms with Crippen molar-refractivity contribution in [1.29, 1.82) is 0 Å². The van der Waals surface area contributed by atoms with Crippen LogP contribution in [0.2, 0.25) is 0 Å².